The van der Waals surface area contributed by atoms with E-state index in [-0.39, 0.29) is 5.41 Å². The van der Waals surface area contributed by atoms with Gasteiger partial charge in [-0.1, -0.05) is 39.0 Å². The summed E-state index contributed by atoms with van der Waals surface area (Å²) in [5.74, 6) is 1.20. The number of nitrogens with zero attached hydrogens (tertiary/aromatic N) is 1. The zero-order valence-electron chi connectivity index (χ0n) is 15.8. The van der Waals surface area contributed by atoms with Crippen LogP contribution in [0.15, 0.2) is 42.5 Å². The number of fused-ring (bicyclic) bond motifs is 1. The van der Waals surface area contributed by atoms with E-state index in [1.165, 1.54) is 5.56 Å². The summed E-state index contributed by atoms with van der Waals surface area (Å²) < 4.78 is 10.7. The van der Waals surface area contributed by atoms with Crippen LogP contribution in [0.2, 0.25) is 0 Å². The third-order valence-corrected chi connectivity index (χ3v) is 4.50. The van der Waals surface area contributed by atoms with Gasteiger partial charge in [-0.05, 0) is 40.6 Å². The molecule has 4 heteroatoms. The monoisotopic (exact) mass is 349 g/mol. The lowest BCUT2D eigenvalue weighted by atomic mass is 9.86. The largest absolute Gasteiger partial charge is 0.493 e. The van der Waals surface area contributed by atoms with Gasteiger partial charge in [-0.3, -0.25) is 4.79 Å². The van der Waals surface area contributed by atoms with Gasteiger partial charge in [0, 0.05) is 10.9 Å². The van der Waals surface area contributed by atoms with Crippen molar-refractivity contribution < 1.29 is 14.3 Å². The number of rotatable bonds is 4. The molecule has 0 bridgehead atoms. The van der Waals surface area contributed by atoms with Gasteiger partial charge in [0.05, 0.1) is 19.9 Å². The summed E-state index contributed by atoms with van der Waals surface area (Å²) >= 11 is 0. The fourth-order valence-corrected chi connectivity index (χ4v) is 2.99. The van der Waals surface area contributed by atoms with Gasteiger partial charge >= 0.3 is 0 Å². The second kappa shape index (κ2) is 6.79. The Hall–Kier alpha value is -2.88. The van der Waals surface area contributed by atoms with Crippen LogP contribution >= 0.6 is 0 Å². The van der Waals surface area contributed by atoms with E-state index in [9.17, 15) is 4.79 Å². The molecule has 0 unspecified atom stereocenters. The molecular weight excluding hydrogens is 326 g/mol. The lowest BCUT2D eigenvalue weighted by Gasteiger charge is -2.20. The molecule has 0 spiro atoms. The van der Waals surface area contributed by atoms with Crippen molar-refractivity contribution in [3.63, 3.8) is 0 Å². The molecule has 0 N–H and O–H groups in total. The average Bonchev–Trinajstić information content (AvgIpc) is 2.65. The molecule has 3 rings (SSSR count). The van der Waals surface area contributed by atoms with E-state index in [4.69, 9.17) is 9.47 Å². The first-order chi connectivity index (χ1) is 12.4. The number of methoxy groups -OCH3 is 2. The molecular formula is C22H23NO3. The van der Waals surface area contributed by atoms with E-state index in [0.29, 0.717) is 17.2 Å². The molecule has 1 aromatic heterocycles. The van der Waals surface area contributed by atoms with Gasteiger partial charge in [0.2, 0.25) is 0 Å². The van der Waals surface area contributed by atoms with Gasteiger partial charge in [0.15, 0.2) is 17.8 Å². The second-order valence-electron chi connectivity index (χ2n) is 7.27. The molecule has 0 aliphatic heterocycles. The highest BCUT2D eigenvalue weighted by molar-refractivity contribution is 5.99. The van der Waals surface area contributed by atoms with Crippen LogP contribution in [0.5, 0.6) is 11.5 Å². The molecule has 0 saturated carbocycles. The van der Waals surface area contributed by atoms with E-state index >= 15 is 0 Å². The zero-order chi connectivity index (χ0) is 18.9. The molecule has 3 aromatic rings. The smallest absolute Gasteiger partial charge is 0.169 e. The van der Waals surface area contributed by atoms with E-state index in [2.05, 4.69) is 37.9 Å². The number of ether oxygens (including phenoxy) is 2. The van der Waals surface area contributed by atoms with Crippen molar-refractivity contribution in [3.8, 4) is 22.8 Å². The number of aromatic nitrogens is 1. The van der Waals surface area contributed by atoms with Crippen LogP contribution in [-0.2, 0) is 5.41 Å². The van der Waals surface area contributed by atoms with Gasteiger partial charge in [0.1, 0.15) is 5.69 Å². The summed E-state index contributed by atoms with van der Waals surface area (Å²) in [6.45, 7) is 6.52. The molecule has 0 aliphatic carbocycles. The minimum Gasteiger partial charge on any atom is -0.493 e. The van der Waals surface area contributed by atoms with Crippen molar-refractivity contribution in [3.05, 3.63) is 53.7 Å². The minimum atomic E-state index is 0.0386. The predicted molar refractivity (Wildman–Crippen MR) is 104 cm³/mol. The molecule has 0 fully saturated rings. The number of aldehydes is 1. The Bertz CT molecular complexity index is 971. The quantitative estimate of drug-likeness (QED) is 0.620. The first-order valence-electron chi connectivity index (χ1n) is 8.50. The molecule has 134 valence electrons. The van der Waals surface area contributed by atoms with Crippen molar-refractivity contribution in [1.29, 1.82) is 0 Å². The highest BCUT2D eigenvalue weighted by atomic mass is 16.5. The summed E-state index contributed by atoms with van der Waals surface area (Å²) in [4.78, 5) is 16.2. The molecule has 26 heavy (non-hydrogen) atoms. The number of pyridine rings is 1. The third-order valence-electron chi connectivity index (χ3n) is 4.50. The van der Waals surface area contributed by atoms with Crippen LogP contribution in [0.3, 0.4) is 0 Å². The summed E-state index contributed by atoms with van der Waals surface area (Å²) in [5.41, 5.74) is 3.39. The first-order valence-corrected chi connectivity index (χ1v) is 8.50. The van der Waals surface area contributed by atoms with Crippen LogP contribution in [0.4, 0.5) is 0 Å². The molecule has 2 aromatic carbocycles. The Balaban J connectivity index is 2.24. The number of hydrogen-bond donors (Lipinski definition) is 0. The van der Waals surface area contributed by atoms with Crippen LogP contribution in [0, 0.1) is 0 Å². The first kappa shape index (κ1) is 17.9. The van der Waals surface area contributed by atoms with E-state index in [1.807, 2.05) is 24.3 Å². The molecule has 0 atom stereocenters. The standard InChI is InChI=1S/C22H23NO3/c1-22(2,3)16-8-6-7-14(9-16)18-10-15-11-20(25-4)21(26-5)12-17(15)19(13-24)23-18/h6-13H,1-5H3. The lowest BCUT2D eigenvalue weighted by Crippen LogP contribution is -2.10. The molecule has 0 amide bonds. The van der Waals surface area contributed by atoms with Crippen LogP contribution in [0.25, 0.3) is 22.0 Å². The van der Waals surface area contributed by atoms with Crippen molar-refractivity contribution >= 4 is 17.1 Å². The number of hydrogen-bond acceptors (Lipinski definition) is 4. The zero-order valence-corrected chi connectivity index (χ0v) is 15.8. The SMILES string of the molecule is COc1cc2cc(-c3cccc(C(C)(C)C)c3)nc(C=O)c2cc1OC. The predicted octanol–water partition coefficient (Wildman–Crippen LogP) is 5.03. The Morgan fingerprint density at radius 3 is 2.27 bits per heavy atom. The Labute approximate surface area is 153 Å². The van der Waals surface area contributed by atoms with Crippen LogP contribution in [-0.4, -0.2) is 25.5 Å². The van der Waals surface area contributed by atoms with Crippen molar-refractivity contribution in [2.45, 2.75) is 26.2 Å². The summed E-state index contributed by atoms with van der Waals surface area (Å²) in [5, 5.41) is 1.63. The normalized spacial score (nSPS) is 11.4. The lowest BCUT2D eigenvalue weighted by molar-refractivity contribution is 0.112. The van der Waals surface area contributed by atoms with Gasteiger partial charge < -0.3 is 9.47 Å². The fraction of sp³-hybridized carbons (Fsp3) is 0.273. The fourth-order valence-electron chi connectivity index (χ4n) is 2.99. The van der Waals surface area contributed by atoms with Crippen molar-refractivity contribution in [2.24, 2.45) is 0 Å². The molecule has 1 heterocycles. The summed E-state index contributed by atoms with van der Waals surface area (Å²) in [6, 6.07) is 13.9. The average molecular weight is 349 g/mol. The third kappa shape index (κ3) is 3.27. The summed E-state index contributed by atoms with van der Waals surface area (Å²) in [6.07, 6.45) is 0.783. The van der Waals surface area contributed by atoms with Gasteiger partial charge in [0.25, 0.3) is 0 Å². The number of benzene rings is 2. The number of carbonyl (C=O) groups excluding carboxylic acids is 1. The highest BCUT2D eigenvalue weighted by Crippen LogP contribution is 2.35. The Kier molecular flexibility index (Phi) is 4.68. The van der Waals surface area contributed by atoms with Gasteiger partial charge in [-0.2, -0.15) is 0 Å². The van der Waals surface area contributed by atoms with Crippen LogP contribution in [0.1, 0.15) is 36.8 Å². The van der Waals surface area contributed by atoms with Crippen molar-refractivity contribution in [2.75, 3.05) is 14.2 Å². The molecule has 0 aliphatic rings. The molecule has 0 saturated heterocycles. The van der Waals surface area contributed by atoms with E-state index in [0.717, 1.165) is 28.3 Å². The minimum absolute atomic E-state index is 0.0386. The van der Waals surface area contributed by atoms with Gasteiger partial charge in [-0.15, -0.1) is 0 Å². The molecule has 4 nitrogen and oxygen atoms in total. The molecule has 0 radical (unpaired) electrons. The highest BCUT2D eigenvalue weighted by Gasteiger charge is 2.16. The van der Waals surface area contributed by atoms with Gasteiger partial charge in [-0.25, -0.2) is 4.98 Å². The second-order valence-corrected chi connectivity index (χ2v) is 7.27. The van der Waals surface area contributed by atoms with E-state index in [1.54, 1.807) is 20.3 Å². The van der Waals surface area contributed by atoms with E-state index < -0.39 is 0 Å². The van der Waals surface area contributed by atoms with Crippen molar-refractivity contribution in [1.82, 2.24) is 4.98 Å². The Morgan fingerprint density at radius 2 is 1.65 bits per heavy atom. The number of carbonyl (C=O) groups is 1. The van der Waals surface area contributed by atoms with Crippen LogP contribution < -0.4 is 9.47 Å². The Morgan fingerprint density at radius 1 is 0.962 bits per heavy atom. The maximum absolute atomic E-state index is 11.6. The maximum atomic E-state index is 11.6. The topological polar surface area (TPSA) is 48.4 Å². The maximum Gasteiger partial charge on any atom is 0.169 e. The summed E-state index contributed by atoms with van der Waals surface area (Å²) in [7, 11) is 3.17.